The minimum absolute atomic E-state index is 0.248. The Morgan fingerprint density at radius 2 is 1.81 bits per heavy atom. The highest BCUT2D eigenvalue weighted by Gasteiger charge is 2.22. The summed E-state index contributed by atoms with van der Waals surface area (Å²) >= 11 is 13.6. The van der Waals surface area contributed by atoms with Crippen molar-refractivity contribution in [1.82, 2.24) is 5.32 Å². The molecule has 0 heterocycles. The van der Waals surface area contributed by atoms with E-state index in [1.807, 2.05) is 37.4 Å². The number of hydrogen-bond donors (Lipinski definition) is 2. The molecule has 0 saturated carbocycles. The average molecular weight is 411 g/mol. The van der Waals surface area contributed by atoms with Crippen LogP contribution in [0.1, 0.15) is 22.3 Å². The minimum Gasteiger partial charge on any atom is -0.340 e. The predicted molar refractivity (Wildman–Crippen MR) is 111 cm³/mol. The molecule has 2 N–H and O–H groups in total. The Morgan fingerprint density at radius 1 is 1.12 bits per heavy atom. The molecule has 0 aliphatic heterocycles. The number of nitrogens with one attached hydrogen (secondary N) is 2. The Labute approximate surface area is 167 Å². The van der Waals surface area contributed by atoms with Crippen LogP contribution in [0, 0.1) is 6.92 Å². The first-order valence-corrected chi connectivity index (χ1v) is 10.2. The largest absolute Gasteiger partial charge is 0.340 e. The molecule has 2 aromatic carbocycles. The first-order chi connectivity index (χ1) is 12.4. The van der Waals surface area contributed by atoms with Crippen molar-refractivity contribution in [2.45, 2.75) is 19.4 Å². The summed E-state index contributed by atoms with van der Waals surface area (Å²) in [5.74, 6) is 0.0684. The molecule has 2 aromatic rings. The van der Waals surface area contributed by atoms with E-state index in [-0.39, 0.29) is 16.5 Å². The predicted octanol–water partition coefficient (Wildman–Crippen LogP) is 4.79. The zero-order chi connectivity index (χ0) is 19.1. The second kappa shape index (κ2) is 9.86. The summed E-state index contributed by atoms with van der Waals surface area (Å²) in [4.78, 5) is 25.1. The minimum atomic E-state index is -0.664. The monoisotopic (exact) mass is 410 g/mol. The number of amides is 2. The van der Waals surface area contributed by atoms with Gasteiger partial charge in [-0.05, 0) is 55.7 Å². The number of anilines is 1. The second-order valence-corrected chi connectivity index (χ2v) is 7.62. The van der Waals surface area contributed by atoms with Gasteiger partial charge in [0, 0.05) is 10.7 Å². The van der Waals surface area contributed by atoms with Crippen LogP contribution < -0.4 is 10.6 Å². The first kappa shape index (κ1) is 20.6. The molecule has 1 atom stereocenters. The van der Waals surface area contributed by atoms with E-state index >= 15 is 0 Å². The van der Waals surface area contributed by atoms with Gasteiger partial charge >= 0.3 is 0 Å². The van der Waals surface area contributed by atoms with E-state index in [1.165, 1.54) is 6.07 Å². The highest BCUT2D eigenvalue weighted by molar-refractivity contribution is 7.98. The van der Waals surface area contributed by atoms with Crippen LogP contribution in [0.5, 0.6) is 0 Å². The maximum atomic E-state index is 12.6. The van der Waals surface area contributed by atoms with E-state index in [0.717, 1.165) is 11.3 Å². The third kappa shape index (κ3) is 5.94. The molecule has 138 valence electrons. The molecule has 0 radical (unpaired) electrons. The lowest BCUT2D eigenvalue weighted by molar-refractivity contribution is -0.118. The van der Waals surface area contributed by atoms with Gasteiger partial charge in [-0.2, -0.15) is 11.8 Å². The number of thioether (sulfide) groups is 1. The van der Waals surface area contributed by atoms with Gasteiger partial charge in [0.2, 0.25) is 5.91 Å². The van der Waals surface area contributed by atoms with Crippen molar-refractivity contribution < 1.29 is 9.59 Å². The third-order valence-corrected chi connectivity index (χ3v) is 4.92. The fourth-order valence-corrected chi connectivity index (χ4v) is 3.25. The van der Waals surface area contributed by atoms with Gasteiger partial charge in [-0.15, -0.1) is 0 Å². The Hall–Kier alpha value is -1.69. The van der Waals surface area contributed by atoms with Crippen molar-refractivity contribution >= 4 is 52.5 Å². The standard InChI is InChI=1S/C19H20Cl2N2O2S/c1-12-3-6-14(7-4-12)22-19(25)17(9-10-26-2)23-18(24)15-8-5-13(20)11-16(15)21/h3-8,11,17H,9-10H2,1-2H3,(H,22,25)(H,23,24)/t17-/m1/s1. The van der Waals surface area contributed by atoms with E-state index in [4.69, 9.17) is 23.2 Å². The Bertz CT molecular complexity index is 782. The lowest BCUT2D eigenvalue weighted by Gasteiger charge is -2.19. The molecule has 0 unspecified atom stereocenters. The lowest BCUT2D eigenvalue weighted by atomic mass is 10.1. The van der Waals surface area contributed by atoms with Gasteiger partial charge in [0.15, 0.2) is 0 Å². The first-order valence-electron chi connectivity index (χ1n) is 8.03. The van der Waals surface area contributed by atoms with Gasteiger partial charge < -0.3 is 10.6 Å². The molecule has 0 spiro atoms. The third-order valence-electron chi connectivity index (χ3n) is 3.73. The van der Waals surface area contributed by atoms with Crippen molar-refractivity contribution in [2.24, 2.45) is 0 Å². The number of benzene rings is 2. The zero-order valence-electron chi connectivity index (χ0n) is 14.5. The average Bonchev–Trinajstić information content (AvgIpc) is 2.60. The second-order valence-electron chi connectivity index (χ2n) is 5.79. The summed E-state index contributed by atoms with van der Waals surface area (Å²) in [5, 5.41) is 6.30. The molecule has 7 heteroatoms. The zero-order valence-corrected chi connectivity index (χ0v) is 16.8. The Kier molecular flexibility index (Phi) is 7.82. The van der Waals surface area contributed by atoms with E-state index in [9.17, 15) is 9.59 Å². The van der Waals surface area contributed by atoms with Crippen molar-refractivity contribution in [3.63, 3.8) is 0 Å². The van der Waals surface area contributed by atoms with Crippen LogP contribution in [0.15, 0.2) is 42.5 Å². The van der Waals surface area contributed by atoms with Gasteiger partial charge in [0.05, 0.1) is 10.6 Å². The number of carbonyl (C=O) groups is 2. The summed E-state index contributed by atoms with van der Waals surface area (Å²) < 4.78 is 0. The molecule has 2 rings (SSSR count). The highest BCUT2D eigenvalue weighted by Crippen LogP contribution is 2.21. The Balaban J connectivity index is 2.11. The van der Waals surface area contributed by atoms with Crippen LogP contribution >= 0.6 is 35.0 Å². The number of halogens is 2. The van der Waals surface area contributed by atoms with E-state index < -0.39 is 11.9 Å². The highest BCUT2D eigenvalue weighted by atomic mass is 35.5. The molecule has 0 aliphatic carbocycles. The van der Waals surface area contributed by atoms with Crippen LogP contribution in [-0.4, -0.2) is 29.9 Å². The SMILES string of the molecule is CSCC[C@@H](NC(=O)c1ccc(Cl)cc1Cl)C(=O)Nc1ccc(C)cc1. The van der Waals surface area contributed by atoms with Crippen LogP contribution in [-0.2, 0) is 4.79 Å². The number of aryl methyl sites for hydroxylation is 1. The van der Waals surface area contributed by atoms with Gasteiger partial charge in [0.25, 0.3) is 5.91 Å². The molecule has 0 fully saturated rings. The molecular weight excluding hydrogens is 391 g/mol. The summed E-state index contributed by atoms with van der Waals surface area (Å²) in [6.45, 7) is 1.98. The van der Waals surface area contributed by atoms with Crippen LogP contribution in [0.3, 0.4) is 0 Å². The summed E-state index contributed by atoms with van der Waals surface area (Å²) in [6, 6.07) is 11.5. The summed E-state index contributed by atoms with van der Waals surface area (Å²) in [5.41, 5.74) is 2.08. The number of rotatable bonds is 7. The molecule has 0 bridgehead atoms. The smallest absolute Gasteiger partial charge is 0.253 e. The fraction of sp³-hybridized carbons (Fsp3) is 0.263. The van der Waals surface area contributed by atoms with E-state index in [0.29, 0.717) is 17.1 Å². The molecular formula is C19H20Cl2N2O2S. The van der Waals surface area contributed by atoms with Gasteiger partial charge in [-0.3, -0.25) is 9.59 Å². The van der Waals surface area contributed by atoms with Gasteiger partial charge in [-0.1, -0.05) is 40.9 Å². The number of carbonyl (C=O) groups excluding carboxylic acids is 2. The lowest BCUT2D eigenvalue weighted by Crippen LogP contribution is -2.44. The van der Waals surface area contributed by atoms with Crippen molar-refractivity contribution in [1.29, 1.82) is 0 Å². The van der Waals surface area contributed by atoms with Gasteiger partial charge in [0.1, 0.15) is 6.04 Å². The molecule has 4 nitrogen and oxygen atoms in total. The quantitative estimate of drug-likeness (QED) is 0.689. The van der Waals surface area contributed by atoms with Crippen LogP contribution in [0.4, 0.5) is 5.69 Å². The van der Waals surface area contributed by atoms with E-state index in [1.54, 1.807) is 23.9 Å². The summed E-state index contributed by atoms with van der Waals surface area (Å²) in [7, 11) is 0. The van der Waals surface area contributed by atoms with Crippen molar-refractivity contribution in [2.75, 3.05) is 17.3 Å². The molecule has 0 saturated heterocycles. The molecule has 0 aliphatic rings. The van der Waals surface area contributed by atoms with Gasteiger partial charge in [-0.25, -0.2) is 0 Å². The van der Waals surface area contributed by atoms with Crippen LogP contribution in [0.2, 0.25) is 10.0 Å². The Morgan fingerprint density at radius 3 is 2.42 bits per heavy atom. The van der Waals surface area contributed by atoms with E-state index in [2.05, 4.69) is 10.6 Å². The maximum absolute atomic E-state index is 12.6. The molecule has 0 aromatic heterocycles. The van der Waals surface area contributed by atoms with Crippen LogP contribution in [0.25, 0.3) is 0 Å². The normalized spacial score (nSPS) is 11.7. The summed E-state index contributed by atoms with van der Waals surface area (Å²) in [6.07, 6.45) is 2.46. The topological polar surface area (TPSA) is 58.2 Å². The number of hydrogen-bond acceptors (Lipinski definition) is 3. The maximum Gasteiger partial charge on any atom is 0.253 e. The fourth-order valence-electron chi connectivity index (χ4n) is 2.28. The molecule has 26 heavy (non-hydrogen) atoms. The van der Waals surface area contributed by atoms with Crippen molar-refractivity contribution in [3.8, 4) is 0 Å². The van der Waals surface area contributed by atoms with Crippen molar-refractivity contribution in [3.05, 3.63) is 63.6 Å². The molecule has 2 amide bonds.